The highest BCUT2D eigenvalue weighted by Gasteiger charge is 1.83. The Kier molecular flexibility index (Phi) is 10.5. The number of unbranched alkanes of at least 4 members (excludes halogenated alkanes) is 3. The van der Waals surface area contributed by atoms with Crippen LogP contribution in [0.3, 0.4) is 0 Å². The number of hydrogen-bond acceptors (Lipinski definition) is 0. The molecule has 0 aliphatic rings. The summed E-state index contributed by atoms with van der Waals surface area (Å²) in [5.74, 6) is 0.659. The van der Waals surface area contributed by atoms with E-state index in [-0.39, 0.29) is 0 Å². The minimum absolute atomic E-state index is 0.659. The predicted octanol–water partition coefficient (Wildman–Crippen LogP) is 3.78. The van der Waals surface area contributed by atoms with Gasteiger partial charge in [0.25, 0.3) is 0 Å². The van der Waals surface area contributed by atoms with Gasteiger partial charge in [0.05, 0.1) is 0 Å². The van der Waals surface area contributed by atoms with Gasteiger partial charge in [0.15, 0.2) is 0 Å². The molecule has 0 saturated carbocycles. The van der Waals surface area contributed by atoms with Gasteiger partial charge in [-0.3, -0.25) is 0 Å². The van der Waals surface area contributed by atoms with Gasteiger partial charge in [-0.2, -0.15) is 0 Å². The molecular weight excluding hydrogens is 258 g/mol. The highest BCUT2D eigenvalue weighted by Crippen LogP contribution is 2.02. The normalized spacial score (nSPS) is 11.0. The zero-order valence-corrected chi connectivity index (χ0v) is 9.07. The van der Waals surface area contributed by atoms with E-state index in [1.165, 1.54) is 30.1 Å². The highest BCUT2D eigenvalue weighted by molar-refractivity contribution is 14.1. The van der Waals surface area contributed by atoms with Gasteiger partial charge < -0.3 is 0 Å². The molecule has 0 amide bonds. The van der Waals surface area contributed by atoms with Gasteiger partial charge in [0.2, 0.25) is 0 Å². The van der Waals surface area contributed by atoms with Crippen molar-refractivity contribution in [3.63, 3.8) is 0 Å². The Morgan fingerprint density at radius 2 is 1.90 bits per heavy atom. The molecule has 0 aromatic heterocycles. The van der Waals surface area contributed by atoms with Crippen molar-refractivity contribution < 1.29 is 0 Å². The van der Waals surface area contributed by atoms with E-state index >= 15 is 0 Å². The predicted molar refractivity (Wildman–Crippen MR) is 57.2 cm³/mol. The Morgan fingerprint density at radius 1 is 1.10 bits per heavy atom. The first kappa shape index (κ1) is 10.8. The zero-order valence-electron chi connectivity index (χ0n) is 6.15. The molecule has 0 heterocycles. The van der Waals surface area contributed by atoms with Crippen molar-refractivity contribution >= 4 is 34.2 Å². The molecule has 0 unspecified atom stereocenters. The van der Waals surface area contributed by atoms with Crippen molar-refractivity contribution in [3.8, 4) is 0 Å². The fourth-order valence-corrected chi connectivity index (χ4v) is 1.38. The molecule has 0 fully saturated rings. The summed E-state index contributed by atoms with van der Waals surface area (Å²) in [6, 6.07) is 0. The number of alkyl halides is 2. The van der Waals surface area contributed by atoms with E-state index in [0.29, 0.717) is 5.88 Å². The summed E-state index contributed by atoms with van der Waals surface area (Å²) in [5, 5.41) is 0. The molecule has 0 aliphatic heterocycles. The van der Waals surface area contributed by atoms with Crippen LogP contribution in [0.4, 0.5) is 0 Å². The van der Waals surface area contributed by atoms with Gasteiger partial charge in [-0.15, -0.1) is 11.6 Å². The van der Waals surface area contributed by atoms with Crippen LogP contribution >= 0.6 is 34.2 Å². The summed E-state index contributed by atoms with van der Waals surface area (Å²) in [6.45, 7) is 0. The first-order chi connectivity index (χ1) is 4.91. The van der Waals surface area contributed by atoms with Crippen LogP contribution < -0.4 is 0 Å². The second-order valence-electron chi connectivity index (χ2n) is 2.16. The lowest BCUT2D eigenvalue weighted by Crippen LogP contribution is -1.75. The Labute approximate surface area is 82.2 Å². The minimum Gasteiger partial charge on any atom is -0.122 e. The maximum Gasteiger partial charge on any atom is 0.0404 e. The molecule has 60 valence electrons. The smallest absolute Gasteiger partial charge is 0.0404 e. The number of rotatable bonds is 6. The fraction of sp³-hybridized carbons (Fsp3) is 0.750. The summed E-state index contributed by atoms with van der Waals surface area (Å²) in [4.78, 5) is 0. The molecule has 0 spiro atoms. The summed E-state index contributed by atoms with van der Waals surface area (Å²) < 4.78 is 1.29. The average Bonchev–Trinajstić information content (AvgIpc) is 1.97. The summed E-state index contributed by atoms with van der Waals surface area (Å²) in [6.07, 6.45) is 9.41. The van der Waals surface area contributed by atoms with Crippen molar-refractivity contribution in [2.45, 2.75) is 25.7 Å². The third-order valence-electron chi connectivity index (χ3n) is 1.26. The number of hydrogen-bond donors (Lipinski definition) is 0. The van der Waals surface area contributed by atoms with Crippen LogP contribution in [0.2, 0.25) is 0 Å². The Morgan fingerprint density at radius 3 is 2.50 bits per heavy atom. The van der Waals surface area contributed by atoms with Crippen molar-refractivity contribution in [1.82, 2.24) is 0 Å². The lowest BCUT2D eigenvalue weighted by atomic mass is 10.2. The van der Waals surface area contributed by atoms with Gasteiger partial charge in [0, 0.05) is 5.88 Å². The average molecular weight is 273 g/mol. The minimum atomic E-state index is 0.659. The molecule has 0 saturated heterocycles. The lowest BCUT2D eigenvalue weighted by Gasteiger charge is -1.92. The van der Waals surface area contributed by atoms with Crippen LogP contribution in [0.1, 0.15) is 25.7 Å². The van der Waals surface area contributed by atoms with E-state index in [1.807, 2.05) is 6.08 Å². The van der Waals surface area contributed by atoms with E-state index in [1.54, 1.807) is 0 Å². The van der Waals surface area contributed by atoms with Crippen molar-refractivity contribution in [2.24, 2.45) is 0 Å². The van der Waals surface area contributed by atoms with Crippen LogP contribution in [0.15, 0.2) is 12.2 Å². The second kappa shape index (κ2) is 9.76. The lowest BCUT2D eigenvalue weighted by molar-refractivity contribution is 0.739. The quantitative estimate of drug-likeness (QED) is 0.299. The molecule has 0 radical (unpaired) electrons. The number of allylic oxidation sites excluding steroid dienone is 2. The Bertz CT molecular complexity index is 81.3. The van der Waals surface area contributed by atoms with Crippen LogP contribution in [-0.4, -0.2) is 10.3 Å². The summed E-state index contributed by atoms with van der Waals surface area (Å²) in [7, 11) is 0. The van der Waals surface area contributed by atoms with Gasteiger partial charge >= 0.3 is 0 Å². The van der Waals surface area contributed by atoms with Crippen molar-refractivity contribution in [3.05, 3.63) is 12.2 Å². The molecule has 0 N–H and O–H groups in total. The molecule has 2 heteroatoms. The largest absolute Gasteiger partial charge is 0.122 e. The molecule has 0 atom stereocenters. The van der Waals surface area contributed by atoms with Crippen molar-refractivity contribution in [1.29, 1.82) is 0 Å². The first-order valence-electron chi connectivity index (χ1n) is 3.68. The molecule has 0 aliphatic carbocycles. The van der Waals surface area contributed by atoms with Crippen molar-refractivity contribution in [2.75, 3.05) is 10.3 Å². The fourth-order valence-electron chi connectivity index (χ4n) is 0.714. The second-order valence-corrected chi connectivity index (χ2v) is 3.55. The van der Waals surface area contributed by atoms with Gasteiger partial charge in [-0.1, -0.05) is 41.2 Å². The monoisotopic (exact) mass is 272 g/mol. The van der Waals surface area contributed by atoms with E-state index in [0.717, 1.165) is 0 Å². The maximum absolute atomic E-state index is 5.45. The van der Waals surface area contributed by atoms with Crippen LogP contribution in [0.25, 0.3) is 0 Å². The zero-order chi connectivity index (χ0) is 7.66. The molecule has 10 heavy (non-hydrogen) atoms. The van der Waals surface area contributed by atoms with E-state index in [4.69, 9.17) is 11.6 Å². The standard InChI is InChI=1S/C8H14ClI/c9-7-5-3-1-2-4-6-8-10/h3,5H,1-2,4,6-8H2. The highest BCUT2D eigenvalue weighted by atomic mass is 127. The third kappa shape index (κ3) is 8.76. The van der Waals surface area contributed by atoms with E-state index < -0.39 is 0 Å². The van der Waals surface area contributed by atoms with Gasteiger partial charge in [0.1, 0.15) is 0 Å². The number of halogens is 2. The SMILES string of the molecule is ClCC=CCCCCCI. The van der Waals surface area contributed by atoms with E-state index in [9.17, 15) is 0 Å². The Hall–Kier alpha value is 0.760. The third-order valence-corrected chi connectivity index (χ3v) is 2.20. The van der Waals surface area contributed by atoms with Crippen LogP contribution in [0, 0.1) is 0 Å². The van der Waals surface area contributed by atoms with Gasteiger partial charge in [-0.05, 0) is 23.7 Å². The topological polar surface area (TPSA) is 0 Å². The summed E-state index contributed by atoms with van der Waals surface area (Å²) in [5.41, 5.74) is 0. The molecular formula is C8H14ClI. The van der Waals surface area contributed by atoms with E-state index in [2.05, 4.69) is 28.7 Å². The molecule has 0 aromatic rings. The Balaban J connectivity index is 2.83. The summed E-state index contributed by atoms with van der Waals surface area (Å²) >= 11 is 7.87. The molecule has 0 bridgehead atoms. The van der Waals surface area contributed by atoms with Gasteiger partial charge in [-0.25, -0.2) is 0 Å². The van der Waals surface area contributed by atoms with Crippen LogP contribution in [0.5, 0.6) is 0 Å². The molecule has 0 rings (SSSR count). The molecule has 0 aromatic carbocycles. The maximum atomic E-state index is 5.45. The van der Waals surface area contributed by atoms with Crippen LogP contribution in [-0.2, 0) is 0 Å². The molecule has 0 nitrogen and oxygen atoms in total. The first-order valence-corrected chi connectivity index (χ1v) is 5.74.